The first-order chi connectivity index (χ1) is 12.1. The summed E-state index contributed by atoms with van der Waals surface area (Å²) >= 11 is 13.7. The average Bonchev–Trinajstić information content (AvgIpc) is 3.08. The van der Waals surface area contributed by atoms with Gasteiger partial charge in [0.25, 0.3) is 0 Å². The summed E-state index contributed by atoms with van der Waals surface area (Å²) in [5, 5.41) is 8.27. The van der Waals surface area contributed by atoms with Gasteiger partial charge in [-0.25, -0.2) is 4.98 Å². The van der Waals surface area contributed by atoms with Crippen LogP contribution < -0.4 is 5.43 Å². The third-order valence-corrected chi connectivity index (χ3v) is 5.11. The van der Waals surface area contributed by atoms with Gasteiger partial charge in [-0.3, -0.25) is 5.43 Å². The molecule has 3 nitrogen and oxygen atoms in total. The second kappa shape index (κ2) is 8.00. The molecule has 0 spiro atoms. The van der Waals surface area contributed by atoms with Crippen molar-refractivity contribution in [3.05, 3.63) is 69.0 Å². The highest BCUT2D eigenvalue weighted by molar-refractivity contribution is 7.14. The molecule has 0 aliphatic heterocycles. The molecular weight excluding hydrogens is 373 g/mol. The van der Waals surface area contributed by atoms with E-state index in [1.165, 1.54) is 16.9 Å². The molecule has 3 aromatic rings. The molecule has 1 aromatic heterocycles. The molecule has 0 bridgehead atoms. The minimum atomic E-state index is 0.583. The standard InChI is InChI=1S/C19H17Cl2N3S/c1-3-13-4-6-14(7-5-13)12(2)23-24-19-22-18(11-25-19)16-9-8-15(20)10-17(16)21/h4-11H,3H2,1-2H3,(H,22,24)/b23-12-. The maximum absolute atomic E-state index is 6.24. The van der Waals surface area contributed by atoms with E-state index in [9.17, 15) is 0 Å². The summed E-state index contributed by atoms with van der Waals surface area (Å²) in [6.45, 7) is 4.11. The molecule has 0 aliphatic carbocycles. The molecule has 2 aromatic carbocycles. The molecule has 0 saturated carbocycles. The maximum Gasteiger partial charge on any atom is 0.203 e. The van der Waals surface area contributed by atoms with Gasteiger partial charge in [-0.05, 0) is 42.7 Å². The van der Waals surface area contributed by atoms with Crippen LogP contribution in [-0.2, 0) is 6.42 Å². The first-order valence-electron chi connectivity index (χ1n) is 7.87. The van der Waals surface area contributed by atoms with Crippen LogP contribution in [0.4, 0.5) is 5.13 Å². The van der Waals surface area contributed by atoms with Crippen molar-refractivity contribution in [2.45, 2.75) is 20.3 Å². The zero-order chi connectivity index (χ0) is 17.8. The van der Waals surface area contributed by atoms with Crippen molar-refractivity contribution in [3.63, 3.8) is 0 Å². The third kappa shape index (κ3) is 4.40. The first-order valence-corrected chi connectivity index (χ1v) is 9.51. The molecule has 0 saturated heterocycles. The summed E-state index contributed by atoms with van der Waals surface area (Å²) in [5.41, 5.74) is 7.98. The minimum Gasteiger partial charge on any atom is -0.252 e. The normalized spacial score (nSPS) is 11.6. The fraction of sp³-hybridized carbons (Fsp3) is 0.158. The predicted molar refractivity (Wildman–Crippen MR) is 109 cm³/mol. The van der Waals surface area contributed by atoms with Crippen molar-refractivity contribution >= 4 is 45.4 Å². The van der Waals surface area contributed by atoms with Gasteiger partial charge in [-0.1, -0.05) is 54.4 Å². The summed E-state index contributed by atoms with van der Waals surface area (Å²) in [5.74, 6) is 0. The summed E-state index contributed by atoms with van der Waals surface area (Å²) in [6.07, 6.45) is 1.03. The summed E-state index contributed by atoms with van der Waals surface area (Å²) in [6, 6.07) is 13.8. The topological polar surface area (TPSA) is 37.3 Å². The number of halogens is 2. The molecule has 3 rings (SSSR count). The van der Waals surface area contributed by atoms with Crippen molar-refractivity contribution in [1.82, 2.24) is 4.98 Å². The Labute approximate surface area is 161 Å². The Morgan fingerprint density at radius 2 is 1.92 bits per heavy atom. The number of anilines is 1. The van der Waals surface area contributed by atoms with E-state index in [2.05, 4.69) is 46.7 Å². The molecular formula is C19H17Cl2N3S. The maximum atomic E-state index is 6.24. The lowest BCUT2D eigenvalue weighted by Gasteiger charge is -2.03. The van der Waals surface area contributed by atoms with Crippen molar-refractivity contribution in [2.24, 2.45) is 5.10 Å². The molecule has 6 heteroatoms. The van der Waals surface area contributed by atoms with Gasteiger partial charge >= 0.3 is 0 Å². The molecule has 0 atom stereocenters. The van der Waals surface area contributed by atoms with Crippen LogP contribution >= 0.6 is 34.5 Å². The Bertz CT molecular complexity index is 901. The second-order valence-corrected chi connectivity index (χ2v) is 7.22. The number of hydrogen-bond acceptors (Lipinski definition) is 4. The Hall–Kier alpha value is -1.88. The Morgan fingerprint density at radius 1 is 1.16 bits per heavy atom. The summed E-state index contributed by atoms with van der Waals surface area (Å²) in [7, 11) is 0. The zero-order valence-electron chi connectivity index (χ0n) is 13.9. The average molecular weight is 390 g/mol. The Morgan fingerprint density at radius 3 is 2.60 bits per heavy atom. The minimum absolute atomic E-state index is 0.583. The third-order valence-electron chi connectivity index (χ3n) is 3.81. The van der Waals surface area contributed by atoms with Gasteiger partial charge in [0, 0.05) is 16.0 Å². The number of hydrazone groups is 1. The number of aromatic nitrogens is 1. The molecule has 0 aliphatic rings. The van der Waals surface area contributed by atoms with Crippen LogP contribution in [0.25, 0.3) is 11.3 Å². The highest BCUT2D eigenvalue weighted by Gasteiger charge is 2.09. The van der Waals surface area contributed by atoms with E-state index in [1.807, 2.05) is 18.4 Å². The van der Waals surface area contributed by atoms with Crippen LogP contribution in [0.1, 0.15) is 25.0 Å². The quantitative estimate of drug-likeness (QED) is 0.398. The molecule has 128 valence electrons. The summed E-state index contributed by atoms with van der Waals surface area (Å²) < 4.78 is 0. The highest BCUT2D eigenvalue weighted by Crippen LogP contribution is 2.32. The second-order valence-electron chi connectivity index (χ2n) is 5.52. The fourth-order valence-electron chi connectivity index (χ4n) is 2.32. The molecule has 1 heterocycles. The lowest BCUT2D eigenvalue weighted by Crippen LogP contribution is -1.99. The number of thiazole rings is 1. The van der Waals surface area contributed by atoms with Gasteiger partial charge in [0.15, 0.2) is 0 Å². The van der Waals surface area contributed by atoms with E-state index in [-0.39, 0.29) is 0 Å². The first kappa shape index (κ1) is 17.9. The molecule has 0 fully saturated rings. The largest absolute Gasteiger partial charge is 0.252 e. The Balaban J connectivity index is 1.74. The molecule has 25 heavy (non-hydrogen) atoms. The van der Waals surface area contributed by atoms with Gasteiger partial charge in [0.05, 0.1) is 16.4 Å². The smallest absolute Gasteiger partial charge is 0.203 e. The zero-order valence-corrected chi connectivity index (χ0v) is 16.2. The van der Waals surface area contributed by atoms with Crippen LogP contribution in [-0.4, -0.2) is 10.7 Å². The van der Waals surface area contributed by atoms with E-state index < -0.39 is 0 Å². The van der Waals surface area contributed by atoms with E-state index in [1.54, 1.807) is 12.1 Å². The number of rotatable bonds is 5. The lowest BCUT2D eigenvalue weighted by atomic mass is 10.1. The molecule has 0 radical (unpaired) electrons. The number of nitrogens with zero attached hydrogens (tertiary/aromatic N) is 2. The van der Waals surface area contributed by atoms with E-state index in [0.717, 1.165) is 29.0 Å². The van der Waals surface area contributed by atoms with Crippen LogP contribution in [0, 0.1) is 0 Å². The van der Waals surface area contributed by atoms with Crippen LogP contribution in [0.5, 0.6) is 0 Å². The van der Waals surface area contributed by atoms with Crippen molar-refractivity contribution in [2.75, 3.05) is 5.43 Å². The number of benzene rings is 2. The van der Waals surface area contributed by atoms with Crippen molar-refractivity contribution in [3.8, 4) is 11.3 Å². The van der Waals surface area contributed by atoms with Crippen molar-refractivity contribution in [1.29, 1.82) is 0 Å². The fourth-order valence-corrected chi connectivity index (χ4v) is 3.48. The van der Waals surface area contributed by atoms with Crippen LogP contribution in [0.15, 0.2) is 52.9 Å². The van der Waals surface area contributed by atoms with Crippen LogP contribution in [0.3, 0.4) is 0 Å². The van der Waals surface area contributed by atoms with Crippen LogP contribution in [0.2, 0.25) is 10.0 Å². The monoisotopic (exact) mass is 389 g/mol. The molecule has 1 N–H and O–H groups in total. The van der Waals surface area contributed by atoms with E-state index in [4.69, 9.17) is 23.2 Å². The lowest BCUT2D eigenvalue weighted by molar-refractivity contribution is 1.14. The van der Waals surface area contributed by atoms with E-state index >= 15 is 0 Å². The molecule has 0 unspecified atom stereocenters. The SMILES string of the molecule is CCc1ccc(/C(C)=N\Nc2nc(-c3ccc(Cl)cc3Cl)cs2)cc1. The van der Waals surface area contributed by atoms with Crippen molar-refractivity contribution < 1.29 is 0 Å². The van der Waals surface area contributed by atoms with Gasteiger partial charge in [-0.15, -0.1) is 11.3 Å². The number of hydrogen-bond donors (Lipinski definition) is 1. The van der Waals surface area contributed by atoms with E-state index in [0.29, 0.717) is 15.2 Å². The number of nitrogens with one attached hydrogen (secondary N) is 1. The Kier molecular flexibility index (Phi) is 5.74. The predicted octanol–water partition coefficient (Wildman–Crippen LogP) is 6.52. The number of aryl methyl sites for hydroxylation is 1. The van der Waals surface area contributed by atoms with Gasteiger partial charge in [0.1, 0.15) is 0 Å². The summed E-state index contributed by atoms with van der Waals surface area (Å²) in [4.78, 5) is 4.54. The van der Waals surface area contributed by atoms with Gasteiger partial charge in [0.2, 0.25) is 5.13 Å². The highest BCUT2D eigenvalue weighted by atomic mass is 35.5. The van der Waals surface area contributed by atoms with Gasteiger partial charge in [-0.2, -0.15) is 5.10 Å². The molecule has 0 amide bonds. The van der Waals surface area contributed by atoms with Gasteiger partial charge < -0.3 is 0 Å².